The predicted octanol–water partition coefficient (Wildman–Crippen LogP) is 2.92. The van der Waals surface area contributed by atoms with Crippen molar-refractivity contribution in [2.75, 3.05) is 11.1 Å². The van der Waals surface area contributed by atoms with E-state index in [1.807, 2.05) is 45.0 Å². The van der Waals surface area contributed by atoms with Crippen LogP contribution in [0.25, 0.3) is 0 Å². The van der Waals surface area contributed by atoms with E-state index in [9.17, 15) is 9.59 Å². The second-order valence-corrected chi connectivity index (χ2v) is 7.53. The van der Waals surface area contributed by atoms with Gasteiger partial charge in [0.25, 0.3) is 0 Å². The number of aryl methyl sites for hydroxylation is 1. The maximum absolute atomic E-state index is 11.7. The summed E-state index contributed by atoms with van der Waals surface area (Å²) in [7, 11) is 0. The average Bonchev–Trinajstić information content (AvgIpc) is 2.94. The molecule has 0 atom stereocenters. The second-order valence-electron chi connectivity index (χ2n) is 5.33. The molecular weight excluding hydrogens is 346 g/mol. The molecule has 7 nitrogen and oxygen atoms in total. The van der Waals surface area contributed by atoms with Crippen LogP contribution in [0.5, 0.6) is 0 Å². The Morgan fingerprint density at radius 3 is 2.58 bits per heavy atom. The molecule has 1 aromatic heterocycles. The highest BCUT2D eigenvalue weighted by atomic mass is 32.2. The Bertz CT molecular complexity index is 700. The number of benzene rings is 1. The number of imide groups is 1. The van der Waals surface area contributed by atoms with Gasteiger partial charge >= 0.3 is 6.03 Å². The molecule has 0 radical (unpaired) electrons. The molecule has 0 saturated carbocycles. The van der Waals surface area contributed by atoms with Crippen LogP contribution in [0.4, 0.5) is 15.6 Å². The van der Waals surface area contributed by atoms with Crippen molar-refractivity contribution in [2.45, 2.75) is 31.2 Å². The lowest BCUT2D eigenvalue weighted by atomic mass is 10.2. The first-order chi connectivity index (χ1) is 11.4. The van der Waals surface area contributed by atoms with Gasteiger partial charge in [0.2, 0.25) is 11.0 Å². The number of hydrogen-bond donors (Lipinski definition) is 3. The van der Waals surface area contributed by atoms with Gasteiger partial charge in [-0.3, -0.25) is 10.1 Å². The van der Waals surface area contributed by atoms with Crippen molar-refractivity contribution in [1.29, 1.82) is 0 Å². The first kappa shape index (κ1) is 18.2. The summed E-state index contributed by atoms with van der Waals surface area (Å²) in [5.41, 5.74) is 2.11. The van der Waals surface area contributed by atoms with Gasteiger partial charge in [0.1, 0.15) is 0 Å². The van der Waals surface area contributed by atoms with Gasteiger partial charge in [-0.25, -0.2) is 4.79 Å². The van der Waals surface area contributed by atoms with E-state index in [0.717, 1.165) is 5.69 Å². The molecule has 0 aliphatic carbocycles. The first-order valence-corrected chi connectivity index (χ1v) is 9.13. The van der Waals surface area contributed by atoms with Crippen LogP contribution in [0.1, 0.15) is 19.4 Å². The number of carbonyl (C=O) groups is 2. The minimum absolute atomic E-state index is 0.0241. The van der Waals surface area contributed by atoms with Crippen molar-refractivity contribution in [1.82, 2.24) is 20.8 Å². The van der Waals surface area contributed by atoms with E-state index in [1.54, 1.807) is 0 Å². The number of rotatable bonds is 6. The van der Waals surface area contributed by atoms with Crippen LogP contribution in [0.2, 0.25) is 0 Å². The Hall–Kier alpha value is -2.13. The van der Waals surface area contributed by atoms with E-state index < -0.39 is 6.03 Å². The minimum Gasteiger partial charge on any atom is -0.336 e. The van der Waals surface area contributed by atoms with E-state index in [-0.39, 0.29) is 17.7 Å². The van der Waals surface area contributed by atoms with Gasteiger partial charge in [-0.1, -0.05) is 40.8 Å². The van der Waals surface area contributed by atoms with Crippen molar-refractivity contribution in [2.24, 2.45) is 0 Å². The van der Waals surface area contributed by atoms with Crippen LogP contribution in [-0.2, 0) is 4.79 Å². The number of hydrogen-bond acceptors (Lipinski definition) is 7. The average molecular weight is 365 g/mol. The molecule has 9 heteroatoms. The van der Waals surface area contributed by atoms with Crippen molar-refractivity contribution in [3.05, 3.63) is 29.8 Å². The van der Waals surface area contributed by atoms with Crippen molar-refractivity contribution in [3.8, 4) is 0 Å². The highest BCUT2D eigenvalue weighted by Crippen LogP contribution is 2.27. The fraction of sp³-hybridized carbons (Fsp3) is 0.333. The smallest absolute Gasteiger partial charge is 0.321 e. The summed E-state index contributed by atoms with van der Waals surface area (Å²) in [4.78, 5) is 23.1. The zero-order valence-electron chi connectivity index (χ0n) is 13.6. The summed E-state index contributed by atoms with van der Waals surface area (Å²) in [6, 6.07) is 7.42. The van der Waals surface area contributed by atoms with Gasteiger partial charge in [0, 0.05) is 11.7 Å². The van der Waals surface area contributed by atoms with E-state index in [4.69, 9.17) is 0 Å². The molecule has 0 bridgehead atoms. The number of aromatic nitrogens is 2. The van der Waals surface area contributed by atoms with Crippen LogP contribution >= 0.6 is 23.1 Å². The number of thioether (sulfide) groups is 1. The molecule has 0 fully saturated rings. The van der Waals surface area contributed by atoms with Crippen LogP contribution in [-0.4, -0.2) is 33.9 Å². The second kappa shape index (κ2) is 8.65. The largest absolute Gasteiger partial charge is 0.336 e. The van der Waals surface area contributed by atoms with Crippen LogP contribution in [0.3, 0.4) is 0 Å². The predicted molar refractivity (Wildman–Crippen MR) is 96.9 cm³/mol. The first-order valence-electron chi connectivity index (χ1n) is 7.32. The van der Waals surface area contributed by atoms with E-state index in [2.05, 4.69) is 26.1 Å². The quantitative estimate of drug-likeness (QED) is 0.681. The zero-order chi connectivity index (χ0) is 17.5. The summed E-state index contributed by atoms with van der Waals surface area (Å²) < 4.78 is 0.657. The maximum Gasteiger partial charge on any atom is 0.321 e. The third-order valence-corrected chi connectivity index (χ3v) is 4.68. The molecule has 2 aromatic rings. The highest BCUT2D eigenvalue weighted by Gasteiger charge is 2.11. The van der Waals surface area contributed by atoms with Crippen molar-refractivity contribution >= 4 is 45.9 Å². The molecule has 2 rings (SSSR count). The summed E-state index contributed by atoms with van der Waals surface area (Å²) in [5, 5.41) is 16.7. The van der Waals surface area contributed by atoms with Gasteiger partial charge in [-0.15, -0.1) is 10.2 Å². The Kier molecular flexibility index (Phi) is 6.56. The minimum atomic E-state index is -0.491. The molecule has 128 valence electrons. The third-order valence-electron chi connectivity index (χ3n) is 2.71. The molecule has 0 aliphatic rings. The third kappa shape index (κ3) is 6.17. The van der Waals surface area contributed by atoms with Crippen LogP contribution in [0, 0.1) is 6.92 Å². The van der Waals surface area contributed by atoms with Crippen LogP contribution < -0.4 is 16.0 Å². The number of nitrogens with zero attached hydrogens (tertiary/aromatic N) is 2. The Morgan fingerprint density at radius 2 is 1.92 bits per heavy atom. The summed E-state index contributed by atoms with van der Waals surface area (Å²) in [6.07, 6.45) is 0. The Balaban J connectivity index is 1.80. The van der Waals surface area contributed by atoms with Crippen molar-refractivity contribution in [3.63, 3.8) is 0 Å². The molecule has 0 saturated heterocycles. The molecule has 1 aromatic carbocycles. The highest BCUT2D eigenvalue weighted by molar-refractivity contribution is 8.01. The molecule has 0 spiro atoms. The van der Waals surface area contributed by atoms with Crippen molar-refractivity contribution < 1.29 is 9.59 Å². The topological polar surface area (TPSA) is 96.0 Å². The summed E-state index contributed by atoms with van der Waals surface area (Å²) in [5.74, 6) is -0.272. The van der Waals surface area contributed by atoms with Gasteiger partial charge < -0.3 is 10.6 Å². The molecule has 24 heavy (non-hydrogen) atoms. The van der Waals surface area contributed by atoms with Crippen LogP contribution in [0.15, 0.2) is 28.6 Å². The number of carbonyl (C=O) groups excluding carboxylic acids is 2. The molecular formula is C15H19N5O2S2. The number of amides is 3. The SMILES string of the molecule is Cc1ccc(Nc2nnc(SCC(=O)NC(=O)NC(C)C)s2)cc1. The molecule has 0 unspecified atom stereocenters. The molecule has 3 amide bonds. The number of urea groups is 1. The number of nitrogens with one attached hydrogen (secondary N) is 3. The standard InChI is InChI=1S/C15H19N5O2S2/c1-9(2)16-13(22)18-12(21)8-23-15-20-19-14(24-15)17-11-6-4-10(3)5-7-11/h4-7,9H,8H2,1-3H3,(H,17,19)(H2,16,18,21,22). The number of anilines is 2. The summed E-state index contributed by atoms with van der Waals surface area (Å²) in [6.45, 7) is 5.67. The fourth-order valence-electron chi connectivity index (χ4n) is 1.67. The maximum atomic E-state index is 11.7. The van der Waals surface area contributed by atoms with Gasteiger partial charge in [0.15, 0.2) is 4.34 Å². The van der Waals surface area contributed by atoms with Gasteiger partial charge in [-0.2, -0.15) is 0 Å². The van der Waals surface area contributed by atoms with E-state index >= 15 is 0 Å². The summed E-state index contributed by atoms with van der Waals surface area (Å²) >= 11 is 2.59. The fourth-order valence-corrected chi connectivity index (χ4v) is 3.24. The monoisotopic (exact) mass is 365 g/mol. The lowest BCUT2D eigenvalue weighted by Crippen LogP contribution is -2.43. The van der Waals surface area contributed by atoms with Gasteiger partial charge in [-0.05, 0) is 32.9 Å². The molecule has 0 aliphatic heterocycles. The molecule has 3 N–H and O–H groups in total. The normalized spacial score (nSPS) is 10.5. The lowest BCUT2D eigenvalue weighted by Gasteiger charge is -2.08. The Morgan fingerprint density at radius 1 is 1.21 bits per heavy atom. The molecule has 1 heterocycles. The van der Waals surface area contributed by atoms with E-state index in [0.29, 0.717) is 9.47 Å². The Labute approximate surface area is 148 Å². The van der Waals surface area contributed by atoms with Gasteiger partial charge in [0.05, 0.1) is 5.75 Å². The zero-order valence-corrected chi connectivity index (χ0v) is 15.3. The lowest BCUT2D eigenvalue weighted by molar-refractivity contribution is -0.117. The van der Waals surface area contributed by atoms with E-state index in [1.165, 1.54) is 28.7 Å².